The fraction of sp³-hybridized carbons (Fsp3) is 0.857. The van der Waals surface area contributed by atoms with Gasteiger partial charge in [-0.15, -0.1) is 0 Å². The van der Waals surface area contributed by atoms with E-state index in [0.29, 0.717) is 6.61 Å². The average Bonchev–Trinajstić information content (AvgIpc) is 2.15. The summed E-state index contributed by atoms with van der Waals surface area (Å²) in [6.45, 7) is 3.66. The van der Waals surface area contributed by atoms with Crippen LogP contribution in [-0.2, 0) is 22.8 Å². The molecule has 0 amide bonds. The van der Waals surface area contributed by atoms with Crippen molar-refractivity contribution in [3.63, 3.8) is 0 Å². The minimum absolute atomic E-state index is 0.127. The highest BCUT2D eigenvalue weighted by Crippen LogP contribution is 2.05. The van der Waals surface area contributed by atoms with Crippen LogP contribution in [0.5, 0.6) is 0 Å². The summed E-state index contributed by atoms with van der Waals surface area (Å²) in [5.74, 6) is -0.407. The summed E-state index contributed by atoms with van der Waals surface area (Å²) in [5.41, 5.74) is 0. The molecule has 5 nitrogen and oxygen atoms in total. The van der Waals surface area contributed by atoms with Crippen LogP contribution in [0.2, 0.25) is 6.55 Å². The van der Waals surface area contributed by atoms with Crippen molar-refractivity contribution in [2.24, 2.45) is 0 Å². The van der Waals surface area contributed by atoms with Crippen molar-refractivity contribution in [3.8, 4) is 0 Å². The number of carbonyl (C=O) groups excluding carboxylic acids is 1. The van der Waals surface area contributed by atoms with Gasteiger partial charge in [-0.25, -0.2) is 4.79 Å². The van der Waals surface area contributed by atoms with Crippen molar-refractivity contribution in [2.45, 2.75) is 13.5 Å². The van der Waals surface area contributed by atoms with Gasteiger partial charge in [0.25, 0.3) is 0 Å². The van der Waals surface area contributed by atoms with E-state index in [4.69, 9.17) is 13.3 Å². The molecule has 0 fully saturated rings. The summed E-state index contributed by atoms with van der Waals surface area (Å²) in [6, 6.07) is 0. The molecule has 0 saturated heterocycles. The third-order valence-electron chi connectivity index (χ3n) is 1.50. The summed E-state index contributed by atoms with van der Waals surface area (Å²) in [4.78, 5) is 10.9. The van der Waals surface area contributed by atoms with Crippen LogP contribution in [0.25, 0.3) is 0 Å². The van der Waals surface area contributed by atoms with Crippen molar-refractivity contribution in [2.75, 3.05) is 27.4 Å². The molecule has 13 heavy (non-hydrogen) atoms. The van der Waals surface area contributed by atoms with Crippen molar-refractivity contribution < 1.29 is 22.8 Å². The van der Waals surface area contributed by atoms with E-state index >= 15 is 0 Å². The number of hydrogen-bond acceptors (Lipinski definition) is 5. The van der Waals surface area contributed by atoms with Gasteiger partial charge in [0, 0.05) is 20.8 Å². The van der Waals surface area contributed by atoms with E-state index in [1.54, 1.807) is 13.5 Å². The average molecular weight is 208 g/mol. The quantitative estimate of drug-likeness (QED) is 0.468. The number of esters is 1. The minimum Gasteiger partial charge on any atom is -0.464 e. The molecule has 0 atom stereocenters. The Morgan fingerprint density at radius 3 is 2.23 bits per heavy atom. The first kappa shape index (κ1) is 12.6. The fourth-order valence-corrected chi connectivity index (χ4v) is 1.38. The number of hydrogen-bond donors (Lipinski definition) is 0. The largest absolute Gasteiger partial charge is 0.497 e. The molecule has 0 bridgehead atoms. The standard InChI is InChI=1S/C7H16O5Si/c1-5-11-7(8)6-12-13(4,9-2)10-3/h5-6H2,1-4H3. The molecule has 0 rings (SSSR count). The van der Waals surface area contributed by atoms with Crippen LogP contribution >= 0.6 is 0 Å². The molecule has 0 N–H and O–H groups in total. The van der Waals surface area contributed by atoms with Crippen LogP contribution in [0.4, 0.5) is 0 Å². The van der Waals surface area contributed by atoms with E-state index in [1.165, 1.54) is 14.2 Å². The summed E-state index contributed by atoms with van der Waals surface area (Å²) >= 11 is 0. The molecular formula is C7H16O5Si. The van der Waals surface area contributed by atoms with Gasteiger partial charge in [-0.3, -0.25) is 0 Å². The molecule has 0 aromatic heterocycles. The van der Waals surface area contributed by atoms with E-state index in [1.807, 2.05) is 0 Å². The lowest BCUT2D eigenvalue weighted by Gasteiger charge is -2.21. The lowest BCUT2D eigenvalue weighted by molar-refractivity contribution is -0.146. The van der Waals surface area contributed by atoms with Gasteiger partial charge < -0.3 is 18.0 Å². The lowest BCUT2D eigenvalue weighted by atomic mass is 10.7. The SMILES string of the molecule is CCOC(=O)CO[Si](C)(OC)OC. The smallest absolute Gasteiger partial charge is 0.464 e. The topological polar surface area (TPSA) is 54.0 Å². The maximum absolute atomic E-state index is 10.9. The first-order valence-electron chi connectivity index (χ1n) is 3.98. The van der Waals surface area contributed by atoms with Crippen molar-refractivity contribution in [1.29, 1.82) is 0 Å². The zero-order chi connectivity index (χ0) is 10.3. The predicted octanol–water partition coefficient (Wildman–Crippen LogP) is 0.428. The van der Waals surface area contributed by atoms with E-state index in [9.17, 15) is 4.79 Å². The van der Waals surface area contributed by atoms with E-state index in [-0.39, 0.29) is 6.61 Å². The Bertz CT molecular complexity index is 157. The second-order valence-corrected chi connectivity index (χ2v) is 5.19. The van der Waals surface area contributed by atoms with Crippen LogP contribution in [0.15, 0.2) is 0 Å². The van der Waals surface area contributed by atoms with Gasteiger partial charge in [-0.05, 0) is 6.92 Å². The van der Waals surface area contributed by atoms with Gasteiger partial charge in [-0.2, -0.15) is 0 Å². The van der Waals surface area contributed by atoms with Crippen molar-refractivity contribution in [3.05, 3.63) is 0 Å². The molecule has 78 valence electrons. The Balaban J connectivity index is 3.78. The Morgan fingerprint density at radius 1 is 1.31 bits per heavy atom. The number of rotatable bonds is 6. The second kappa shape index (κ2) is 6.09. The molecule has 0 aliphatic heterocycles. The highest BCUT2D eigenvalue weighted by atomic mass is 28.4. The first-order valence-corrected chi connectivity index (χ1v) is 6.20. The third-order valence-corrected chi connectivity index (χ3v) is 3.65. The summed E-state index contributed by atoms with van der Waals surface area (Å²) in [5, 5.41) is 0. The van der Waals surface area contributed by atoms with Crippen LogP contribution in [0.1, 0.15) is 6.92 Å². The molecule has 0 aromatic carbocycles. The zero-order valence-electron chi connectivity index (χ0n) is 8.46. The van der Waals surface area contributed by atoms with Gasteiger partial charge >= 0.3 is 14.8 Å². The molecule has 0 aliphatic rings. The molecule has 0 heterocycles. The van der Waals surface area contributed by atoms with Crippen molar-refractivity contribution in [1.82, 2.24) is 0 Å². The molecular weight excluding hydrogens is 192 g/mol. The van der Waals surface area contributed by atoms with Crippen molar-refractivity contribution >= 4 is 14.8 Å². The number of carbonyl (C=O) groups is 1. The first-order chi connectivity index (χ1) is 6.08. The number of ether oxygens (including phenoxy) is 1. The predicted molar refractivity (Wildman–Crippen MR) is 48.2 cm³/mol. The Hall–Kier alpha value is -0.433. The summed E-state index contributed by atoms with van der Waals surface area (Å²) < 4.78 is 19.8. The van der Waals surface area contributed by atoms with E-state index in [2.05, 4.69) is 4.74 Å². The second-order valence-electron chi connectivity index (χ2n) is 2.36. The van der Waals surface area contributed by atoms with E-state index < -0.39 is 14.8 Å². The molecule has 0 aliphatic carbocycles. The molecule has 0 spiro atoms. The Kier molecular flexibility index (Phi) is 5.88. The Morgan fingerprint density at radius 2 is 1.85 bits per heavy atom. The van der Waals surface area contributed by atoms with Crippen LogP contribution in [0.3, 0.4) is 0 Å². The third kappa shape index (κ3) is 4.99. The van der Waals surface area contributed by atoms with Gasteiger partial charge in [0.2, 0.25) is 0 Å². The molecule has 6 heteroatoms. The maximum atomic E-state index is 10.9. The molecule has 0 aromatic rings. The van der Waals surface area contributed by atoms with Gasteiger partial charge in [0.15, 0.2) is 0 Å². The molecule has 0 radical (unpaired) electrons. The Labute approximate surface area is 79.3 Å². The lowest BCUT2D eigenvalue weighted by Crippen LogP contribution is -2.41. The zero-order valence-corrected chi connectivity index (χ0v) is 9.46. The van der Waals surface area contributed by atoms with E-state index in [0.717, 1.165) is 0 Å². The summed E-state index contributed by atoms with van der Waals surface area (Å²) in [7, 11) is 0.384. The van der Waals surface area contributed by atoms with Crippen LogP contribution in [0, 0.1) is 0 Å². The van der Waals surface area contributed by atoms with Gasteiger partial charge in [0.05, 0.1) is 6.61 Å². The van der Waals surface area contributed by atoms with Crippen LogP contribution < -0.4 is 0 Å². The molecule has 0 unspecified atom stereocenters. The molecule has 0 saturated carbocycles. The van der Waals surface area contributed by atoms with Crippen LogP contribution in [-0.4, -0.2) is 42.2 Å². The minimum atomic E-state index is -2.59. The van der Waals surface area contributed by atoms with Gasteiger partial charge in [0.1, 0.15) is 6.61 Å². The highest BCUT2D eigenvalue weighted by molar-refractivity contribution is 6.59. The maximum Gasteiger partial charge on any atom is 0.497 e. The normalized spacial score (nSPS) is 11.4. The highest BCUT2D eigenvalue weighted by Gasteiger charge is 2.32. The monoisotopic (exact) mass is 208 g/mol. The summed E-state index contributed by atoms with van der Waals surface area (Å²) in [6.07, 6.45) is 0. The van der Waals surface area contributed by atoms with Gasteiger partial charge in [-0.1, -0.05) is 0 Å². The fourth-order valence-electron chi connectivity index (χ4n) is 0.594.